The second-order valence-corrected chi connectivity index (χ2v) is 6.69. The van der Waals surface area contributed by atoms with E-state index in [0.717, 1.165) is 25.2 Å². The summed E-state index contributed by atoms with van der Waals surface area (Å²) in [6.45, 7) is 2.65. The van der Waals surface area contributed by atoms with Crippen LogP contribution in [0, 0.1) is 5.82 Å². The number of carbonyl (C=O) groups excluding carboxylic acids is 1. The van der Waals surface area contributed by atoms with E-state index in [1.54, 1.807) is 18.5 Å². The van der Waals surface area contributed by atoms with Crippen LogP contribution in [0.3, 0.4) is 0 Å². The van der Waals surface area contributed by atoms with Gasteiger partial charge in [-0.3, -0.25) is 4.79 Å². The van der Waals surface area contributed by atoms with Crippen LogP contribution < -0.4 is 5.32 Å². The topological polar surface area (TPSA) is 88.8 Å². The third kappa shape index (κ3) is 3.55. The summed E-state index contributed by atoms with van der Waals surface area (Å²) in [5.74, 6) is -0.205. The third-order valence-electron chi connectivity index (χ3n) is 4.95. The lowest BCUT2D eigenvalue weighted by molar-refractivity contribution is 0.0616. The minimum Gasteiger partial charge on any atom is -0.349 e. The number of anilines is 1. The largest absolute Gasteiger partial charge is 0.349 e. The van der Waals surface area contributed by atoms with Crippen molar-refractivity contribution >= 4 is 11.9 Å². The molecule has 3 heterocycles. The summed E-state index contributed by atoms with van der Waals surface area (Å²) in [5.41, 5.74) is 1.19. The number of para-hydroxylation sites is 1. The molecule has 8 nitrogen and oxygen atoms in total. The Balaban J connectivity index is 1.56. The SMILES string of the molecule is CC1C(Nc2ncc(F)cn2)CCCN1C(=O)c1ccccc1-n1nccn1. The molecule has 0 radical (unpaired) electrons. The summed E-state index contributed by atoms with van der Waals surface area (Å²) in [7, 11) is 0. The first kappa shape index (κ1) is 18.0. The number of nitrogens with one attached hydrogen (secondary N) is 1. The first-order valence-electron chi connectivity index (χ1n) is 9.14. The van der Waals surface area contributed by atoms with Gasteiger partial charge in [0.05, 0.1) is 36.0 Å². The summed E-state index contributed by atoms with van der Waals surface area (Å²) in [6.07, 6.45) is 7.12. The smallest absolute Gasteiger partial charge is 0.256 e. The van der Waals surface area contributed by atoms with E-state index in [0.29, 0.717) is 23.7 Å². The van der Waals surface area contributed by atoms with Gasteiger partial charge in [-0.05, 0) is 31.9 Å². The fraction of sp³-hybridized carbons (Fsp3) is 0.316. The summed E-state index contributed by atoms with van der Waals surface area (Å²) < 4.78 is 13.0. The lowest BCUT2D eigenvalue weighted by atomic mass is 9.96. The maximum atomic E-state index is 13.3. The van der Waals surface area contributed by atoms with E-state index < -0.39 is 5.82 Å². The van der Waals surface area contributed by atoms with E-state index in [2.05, 4.69) is 25.5 Å². The lowest BCUT2D eigenvalue weighted by Gasteiger charge is -2.40. The third-order valence-corrected chi connectivity index (χ3v) is 4.95. The molecule has 1 amide bonds. The molecule has 0 aliphatic carbocycles. The minimum absolute atomic E-state index is 0.0295. The zero-order chi connectivity index (χ0) is 19.5. The van der Waals surface area contributed by atoms with Gasteiger partial charge >= 0.3 is 0 Å². The number of amides is 1. The van der Waals surface area contributed by atoms with Gasteiger partial charge in [-0.1, -0.05) is 12.1 Å². The molecule has 2 atom stereocenters. The summed E-state index contributed by atoms with van der Waals surface area (Å²) in [4.78, 5) is 24.5. The highest BCUT2D eigenvalue weighted by molar-refractivity contribution is 5.98. The van der Waals surface area contributed by atoms with Gasteiger partial charge in [0, 0.05) is 18.6 Å². The Bertz CT molecular complexity index is 945. The molecular formula is C19H20FN7O. The first-order chi connectivity index (χ1) is 13.6. The molecule has 1 fully saturated rings. The first-order valence-corrected chi connectivity index (χ1v) is 9.14. The number of hydrogen-bond acceptors (Lipinski definition) is 6. The van der Waals surface area contributed by atoms with Crippen LogP contribution >= 0.6 is 0 Å². The van der Waals surface area contributed by atoms with Gasteiger partial charge in [0.15, 0.2) is 5.82 Å². The van der Waals surface area contributed by atoms with Crippen LogP contribution in [0.25, 0.3) is 5.69 Å². The molecule has 2 aromatic heterocycles. The molecule has 1 saturated heterocycles. The van der Waals surface area contributed by atoms with E-state index in [1.165, 1.54) is 4.80 Å². The normalized spacial score (nSPS) is 19.4. The van der Waals surface area contributed by atoms with Crippen LogP contribution in [0.2, 0.25) is 0 Å². The maximum Gasteiger partial charge on any atom is 0.256 e. The van der Waals surface area contributed by atoms with Crippen LogP contribution in [0.15, 0.2) is 49.1 Å². The van der Waals surface area contributed by atoms with E-state index in [4.69, 9.17) is 0 Å². The summed E-state index contributed by atoms with van der Waals surface area (Å²) >= 11 is 0. The van der Waals surface area contributed by atoms with E-state index in [9.17, 15) is 9.18 Å². The monoisotopic (exact) mass is 381 g/mol. The predicted molar refractivity (Wildman–Crippen MR) is 100 cm³/mol. The Hall–Kier alpha value is -3.36. The molecule has 1 aliphatic heterocycles. The number of benzene rings is 1. The zero-order valence-electron chi connectivity index (χ0n) is 15.4. The van der Waals surface area contributed by atoms with Gasteiger partial charge < -0.3 is 10.2 Å². The second-order valence-electron chi connectivity index (χ2n) is 6.69. The number of hydrogen-bond donors (Lipinski definition) is 1. The van der Waals surface area contributed by atoms with Crippen molar-refractivity contribution in [3.63, 3.8) is 0 Å². The van der Waals surface area contributed by atoms with Gasteiger partial charge in [-0.2, -0.15) is 15.0 Å². The molecular weight excluding hydrogens is 361 g/mol. The van der Waals surface area contributed by atoms with Gasteiger partial charge in [0.25, 0.3) is 5.91 Å². The molecule has 2 unspecified atom stereocenters. The highest BCUT2D eigenvalue weighted by Crippen LogP contribution is 2.24. The fourth-order valence-electron chi connectivity index (χ4n) is 3.50. The number of carbonyl (C=O) groups is 1. The number of halogens is 1. The standard InChI is InChI=1S/C19H20FN7O/c1-13-16(25-19-21-11-14(20)12-22-19)6-4-10-26(13)18(28)15-5-2-3-7-17(15)27-23-8-9-24-27/h2-3,5,7-9,11-13,16H,4,6,10H2,1H3,(H,21,22,25). The maximum absolute atomic E-state index is 13.3. The number of likely N-dealkylation sites (tertiary alicyclic amines) is 1. The van der Waals surface area contributed by atoms with Crippen molar-refractivity contribution < 1.29 is 9.18 Å². The number of rotatable bonds is 4. The lowest BCUT2D eigenvalue weighted by Crippen LogP contribution is -2.52. The highest BCUT2D eigenvalue weighted by atomic mass is 19.1. The Morgan fingerprint density at radius 1 is 1.18 bits per heavy atom. The molecule has 3 aromatic rings. The molecule has 0 spiro atoms. The zero-order valence-corrected chi connectivity index (χ0v) is 15.4. The van der Waals surface area contributed by atoms with E-state index >= 15 is 0 Å². The number of nitrogens with zero attached hydrogens (tertiary/aromatic N) is 6. The van der Waals surface area contributed by atoms with Crippen molar-refractivity contribution in [1.82, 2.24) is 29.9 Å². The highest BCUT2D eigenvalue weighted by Gasteiger charge is 2.33. The van der Waals surface area contributed by atoms with E-state index in [-0.39, 0.29) is 18.0 Å². The van der Waals surface area contributed by atoms with Crippen molar-refractivity contribution in [3.8, 4) is 5.69 Å². The summed E-state index contributed by atoms with van der Waals surface area (Å²) in [5, 5.41) is 11.5. The molecule has 1 aromatic carbocycles. The average molecular weight is 381 g/mol. The van der Waals surface area contributed by atoms with Crippen LogP contribution in [0.4, 0.5) is 10.3 Å². The Kier molecular flexibility index (Phi) is 4.96. The van der Waals surface area contributed by atoms with Crippen LogP contribution in [0.5, 0.6) is 0 Å². The molecule has 9 heteroatoms. The predicted octanol–water partition coefficient (Wildman–Crippen LogP) is 2.30. The molecule has 1 N–H and O–H groups in total. The number of aromatic nitrogens is 5. The van der Waals surface area contributed by atoms with Crippen LogP contribution in [0.1, 0.15) is 30.1 Å². The van der Waals surface area contributed by atoms with Crippen molar-refractivity contribution in [2.45, 2.75) is 31.8 Å². The van der Waals surface area contributed by atoms with E-state index in [1.807, 2.05) is 30.0 Å². The van der Waals surface area contributed by atoms with Crippen molar-refractivity contribution in [3.05, 3.63) is 60.4 Å². The van der Waals surface area contributed by atoms with Crippen molar-refractivity contribution in [2.75, 3.05) is 11.9 Å². The van der Waals surface area contributed by atoms with Crippen molar-refractivity contribution in [1.29, 1.82) is 0 Å². The van der Waals surface area contributed by atoms with Gasteiger partial charge in [0.1, 0.15) is 0 Å². The molecule has 4 rings (SSSR count). The average Bonchev–Trinajstić information content (AvgIpc) is 3.25. The molecule has 0 saturated carbocycles. The Morgan fingerprint density at radius 2 is 1.89 bits per heavy atom. The van der Waals surface area contributed by atoms with Gasteiger partial charge in [-0.15, -0.1) is 0 Å². The molecule has 144 valence electrons. The van der Waals surface area contributed by atoms with Gasteiger partial charge in [-0.25, -0.2) is 14.4 Å². The second kappa shape index (κ2) is 7.71. The molecule has 0 bridgehead atoms. The van der Waals surface area contributed by atoms with Crippen molar-refractivity contribution in [2.24, 2.45) is 0 Å². The number of piperidine rings is 1. The van der Waals surface area contributed by atoms with Gasteiger partial charge in [0.2, 0.25) is 5.95 Å². The summed E-state index contributed by atoms with van der Waals surface area (Å²) in [6, 6.07) is 7.17. The fourth-order valence-corrected chi connectivity index (χ4v) is 3.50. The Labute approximate surface area is 161 Å². The molecule has 28 heavy (non-hydrogen) atoms. The Morgan fingerprint density at radius 3 is 2.64 bits per heavy atom. The van der Waals surface area contributed by atoms with Crippen LogP contribution in [-0.2, 0) is 0 Å². The molecule has 1 aliphatic rings. The quantitative estimate of drug-likeness (QED) is 0.746. The van der Waals surface area contributed by atoms with Crippen LogP contribution in [-0.4, -0.2) is 54.4 Å². The minimum atomic E-state index is -0.483.